The Hall–Kier alpha value is -2.04. The molecular weight excluding hydrogens is 294 g/mol. The molecule has 0 aromatic heterocycles. The van der Waals surface area contributed by atoms with Crippen LogP contribution in [0.25, 0.3) is 0 Å². The molecule has 5 nitrogen and oxygen atoms in total. The lowest BCUT2D eigenvalue weighted by Gasteiger charge is -2.23. The first kappa shape index (κ1) is 19.0. The molecule has 0 bridgehead atoms. The van der Waals surface area contributed by atoms with E-state index in [0.717, 1.165) is 5.75 Å². The van der Waals surface area contributed by atoms with Gasteiger partial charge in [-0.05, 0) is 45.0 Å². The summed E-state index contributed by atoms with van der Waals surface area (Å²) < 4.78 is 10.8. The lowest BCUT2D eigenvalue weighted by molar-refractivity contribution is -0.127. The van der Waals surface area contributed by atoms with Crippen molar-refractivity contribution in [2.45, 2.75) is 53.1 Å². The van der Waals surface area contributed by atoms with Crippen LogP contribution in [0.4, 0.5) is 10.5 Å². The van der Waals surface area contributed by atoms with E-state index in [2.05, 4.69) is 5.32 Å². The van der Waals surface area contributed by atoms with E-state index in [4.69, 9.17) is 9.47 Å². The summed E-state index contributed by atoms with van der Waals surface area (Å²) in [7, 11) is 0. The number of hydrogen-bond donors (Lipinski definition) is 1. The molecular formula is C18H27NO4. The van der Waals surface area contributed by atoms with E-state index < -0.39 is 11.7 Å². The van der Waals surface area contributed by atoms with Crippen LogP contribution in [0, 0.1) is 5.92 Å². The predicted molar refractivity (Wildman–Crippen MR) is 90.9 cm³/mol. The Balaban J connectivity index is 0.00000127. The molecule has 23 heavy (non-hydrogen) atoms. The fraction of sp³-hybridized carbons (Fsp3) is 0.556. The van der Waals surface area contributed by atoms with Gasteiger partial charge in [-0.2, -0.15) is 0 Å². The summed E-state index contributed by atoms with van der Waals surface area (Å²) in [5.74, 6) is 1.38. The lowest BCUT2D eigenvalue weighted by atomic mass is 9.85. The maximum absolute atomic E-state index is 11.6. The van der Waals surface area contributed by atoms with Crippen LogP contribution in [0.5, 0.6) is 5.75 Å². The van der Waals surface area contributed by atoms with E-state index in [1.165, 1.54) is 0 Å². The highest BCUT2D eigenvalue weighted by Crippen LogP contribution is 2.24. The van der Waals surface area contributed by atoms with Crippen molar-refractivity contribution < 1.29 is 19.1 Å². The molecule has 1 aromatic rings. The van der Waals surface area contributed by atoms with Gasteiger partial charge in [-0.25, -0.2) is 4.79 Å². The molecule has 0 saturated heterocycles. The minimum atomic E-state index is -0.520. The minimum absolute atomic E-state index is 0.306. The molecule has 0 unspecified atom stereocenters. The molecule has 1 amide bonds. The first-order chi connectivity index (χ1) is 10.8. The maximum Gasteiger partial charge on any atom is 0.412 e. The Morgan fingerprint density at radius 3 is 2.22 bits per heavy atom. The third kappa shape index (κ3) is 7.17. The number of amides is 1. The fourth-order valence-electron chi connectivity index (χ4n) is 1.97. The molecule has 1 aromatic carbocycles. The van der Waals surface area contributed by atoms with E-state index >= 15 is 0 Å². The molecule has 1 saturated carbocycles. The molecule has 1 aliphatic rings. The number of rotatable bonds is 4. The molecule has 0 aliphatic heterocycles. The number of anilines is 1. The first-order valence-corrected chi connectivity index (χ1v) is 8.06. The van der Waals surface area contributed by atoms with Gasteiger partial charge in [0.2, 0.25) is 0 Å². The van der Waals surface area contributed by atoms with E-state index in [9.17, 15) is 9.59 Å². The normalized spacial score (nSPS) is 14.2. The molecule has 1 aliphatic carbocycles. The van der Waals surface area contributed by atoms with Gasteiger partial charge in [0.05, 0.1) is 6.61 Å². The van der Waals surface area contributed by atoms with Gasteiger partial charge in [-0.1, -0.05) is 13.8 Å². The number of carbonyl (C=O) groups excluding carboxylic acids is 2. The standard InChI is InChI=1S/C16H21NO4.C2H6/c1-16(2,3)21-15(19)17-12-4-6-14(7-5-12)20-10-11-8-13(18)9-11;1-2/h4-7,11H,8-10H2,1-3H3,(H,17,19);1-2H3. The Kier molecular flexibility index (Phi) is 7.07. The summed E-state index contributed by atoms with van der Waals surface area (Å²) in [5, 5.41) is 2.66. The van der Waals surface area contributed by atoms with Crippen molar-refractivity contribution in [3.63, 3.8) is 0 Å². The summed E-state index contributed by atoms with van der Waals surface area (Å²) in [5.41, 5.74) is 0.128. The number of ether oxygens (including phenoxy) is 2. The molecule has 128 valence electrons. The van der Waals surface area contributed by atoms with Crippen LogP contribution in [0.3, 0.4) is 0 Å². The average molecular weight is 321 g/mol. The Labute approximate surface area is 138 Å². The van der Waals surface area contributed by atoms with Crippen molar-refractivity contribution in [1.82, 2.24) is 0 Å². The van der Waals surface area contributed by atoms with E-state index in [1.807, 2.05) is 34.6 Å². The van der Waals surface area contributed by atoms with Crippen LogP contribution < -0.4 is 10.1 Å². The second kappa shape index (κ2) is 8.56. The van der Waals surface area contributed by atoms with Crippen LogP contribution >= 0.6 is 0 Å². The maximum atomic E-state index is 11.6. The smallest absolute Gasteiger partial charge is 0.412 e. The molecule has 0 heterocycles. The zero-order valence-electron chi connectivity index (χ0n) is 14.6. The number of nitrogens with one attached hydrogen (secondary N) is 1. The van der Waals surface area contributed by atoms with Gasteiger partial charge in [0.1, 0.15) is 17.1 Å². The van der Waals surface area contributed by atoms with Crippen molar-refractivity contribution in [3.05, 3.63) is 24.3 Å². The van der Waals surface area contributed by atoms with Crippen molar-refractivity contribution in [3.8, 4) is 5.75 Å². The highest BCUT2D eigenvalue weighted by molar-refractivity contribution is 5.85. The van der Waals surface area contributed by atoms with Gasteiger partial charge in [-0.15, -0.1) is 0 Å². The largest absolute Gasteiger partial charge is 0.493 e. The van der Waals surface area contributed by atoms with E-state index in [0.29, 0.717) is 36.8 Å². The SMILES string of the molecule is CC.CC(C)(C)OC(=O)Nc1ccc(OCC2CC(=O)C2)cc1. The van der Waals surface area contributed by atoms with Crippen molar-refractivity contribution in [2.75, 3.05) is 11.9 Å². The molecule has 0 atom stereocenters. The second-order valence-corrected chi connectivity index (χ2v) is 6.28. The molecule has 1 fully saturated rings. The summed E-state index contributed by atoms with van der Waals surface area (Å²) in [6, 6.07) is 7.08. The van der Waals surface area contributed by atoms with Gasteiger partial charge in [0.15, 0.2) is 0 Å². The van der Waals surface area contributed by atoms with Crippen LogP contribution in [0.15, 0.2) is 24.3 Å². The van der Waals surface area contributed by atoms with Crippen LogP contribution in [0.1, 0.15) is 47.5 Å². The van der Waals surface area contributed by atoms with Crippen LogP contribution in [0.2, 0.25) is 0 Å². The Morgan fingerprint density at radius 2 is 1.74 bits per heavy atom. The molecule has 2 rings (SSSR count). The third-order valence-electron chi connectivity index (χ3n) is 3.02. The molecule has 0 spiro atoms. The lowest BCUT2D eigenvalue weighted by Crippen LogP contribution is -2.28. The minimum Gasteiger partial charge on any atom is -0.493 e. The summed E-state index contributed by atoms with van der Waals surface area (Å²) >= 11 is 0. The van der Waals surface area contributed by atoms with Gasteiger partial charge >= 0.3 is 6.09 Å². The number of carbonyl (C=O) groups is 2. The zero-order valence-corrected chi connectivity index (χ0v) is 14.6. The van der Waals surface area contributed by atoms with Crippen molar-refractivity contribution in [1.29, 1.82) is 0 Å². The predicted octanol–water partition coefficient (Wildman–Crippen LogP) is 4.42. The van der Waals surface area contributed by atoms with Gasteiger partial charge in [0, 0.05) is 24.4 Å². The van der Waals surface area contributed by atoms with Crippen LogP contribution in [-0.4, -0.2) is 24.1 Å². The number of hydrogen-bond acceptors (Lipinski definition) is 4. The number of benzene rings is 1. The Morgan fingerprint density at radius 1 is 1.17 bits per heavy atom. The molecule has 5 heteroatoms. The highest BCUT2D eigenvalue weighted by Gasteiger charge is 2.26. The van der Waals surface area contributed by atoms with E-state index in [1.54, 1.807) is 24.3 Å². The van der Waals surface area contributed by atoms with Gasteiger partial charge in [-0.3, -0.25) is 10.1 Å². The first-order valence-electron chi connectivity index (χ1n) is 8.06. The summed E-state index contributed by atoms with van der Waals surface area (Å²) in [4.78, 5) is 22.5. The fourth-order valence-corrected chi connectivity index (χ4v) is 1.97. The van der Waals surface area contributed by atoms with Crippen molar-refractivity contribution in [2.24, 2.45) is 5.92 Å². The third-order valence-corrected chi connectivity index (χ3v) is 3.02. The monoisotopic (exact) mass is 321 g/mol. The van der Waals surface area contributed by atoms with Crippen molar-refractivity contribution >= 4 is 17.6 Å². The summed E-state index contributed by atoms with van der Waals surface area (Å²) in [6.45, 7) is 10.0. The molecule has 0 radical (unpaired) electrons. The summed E-state index contributed by atoms with van der Waals surface area (Å²) in [6.07, 6.45) is 0.764. The van der Waals surface area contributed by atoms with E-state index in [-0.39, 0.29) is 0 Å². The highest BCUT2D eigenvalue weighted by atomic mass is 16.6. The van der Waals surface area contributed by atoms with Gasteiger partial charge < -0.3 is 9.47 Å². The quantitative estimate of drug-likeness (QED) is 0.891. The Bertz CT molecular complexity index is 509. The molecule has 1 N–H and O–H groups in total. The topological polar surface area (TPSA) is 64.6 Å². The van der Waals surface area contributed by atoms with Gasteiger partial charge in [0.25, 0.3) is 0 Å². The number of ketones is 1. The van der Waals surface area contributed by atoms with Crippen LogP contribution in [-0.2, 0) is 9.53 Å². The zero-order chi connectivity index (χ0) is 17.5. The second-order valence-electron chi connectivity index (χ2n) is 6.28. The average Bonchev–Trinajstić information content (AvgIpc) is 2.44. The number of Topliss-reactive ketones (excluding diaryl/α,β-unsaturated/α-hetero) is 1.